The lowest BCUT2D eigenvalue weighted by Gasteiger charge is -2.28. The second-order valence-corrected chi connectivity index (χ2v) is 9.06. The van der Waals surface area contributed by atoms with E-state index in [2.05, 4.69) is 16.0 Å². The summed E-state index contributed by atoms with van der Waals surface area (Å²) in [6.45, 7) is 11.2. The van der Waals surface area contributed by atoms with Gasteiger partial charge >= 0.3 is 5.97 Å². The van der Waals surface area contributed by atoms with Crippen LogP contribution in [-0.4, -0.2) is 59.5 Å². The van der Waals surface area contributed by atoms with Gasteiger partial charge in [0, 0.05) is 0 Å². The average molecular weight is 458 g/mol. The van der Waals surface area contributed by atoms with Crippen molar-refractivity contribution in [1.82, 2.24) is 16.0 Å². The van der Waals surface area contributed by atoms with Gasteiger partial charge in [-0.3, -0.25) is 14.4 Å². The first-order chi connectivity index (χ1) is 14.9. The zero-order chi connectivity index (χ0) is 25.0. The lowest BCUT2D eigenvalue weighted by molar-refractivity contribution is -0.144. The molecule has 0 saturated heterocycles. The average Bonchev–Trinajstić information content (AvgIpc) is 2.72. The van der Waals surface area contributed by atoms with Gasteiger partial charge in [0.2, 0.25) is 17.7 Å². The summed E-state index contributed by atoms with van der Waals surface area (Å²) >= 11 is 0. The maximum absolute atomic E-state index is 13.0. The molecular weight excluding hydrogens is 414 g/mol. The highest BCUT2D eigenvalue weighted by Gasteiger charge is 2.33. The van der Waals surface area contributed by atoms with Crippen LogP contribution in [0.25, 0.3) is 0 Å². The SMILES string of the molecule is CCC(C)C(NC(=O)C(CCCCN)NC(=O)C(NC(=O)C(N)C(C)C)C(C)C)C(=O)O. The Morgan fingerprint density at radius 2 is 1.38 bits per heavy atom. The van der Waals surface area contributed by atoms with E-state index in [-0.39, 0.29) is 17.8 Å². The van der Waals surface area contributed by atoms with Gasteiger partial charge in [0.1, 0.15) is 18.1 Å². The fraction of sp³-hybridized carbons (Fsp3) is 0.818. The number of carbonyl (C=O) groups is 4. The number of carboxylic acid groups (broad SMARTS) is 1. The van der Waals surface area contributed by atoms with Crippen molar-refractivity contribution in [2.75, 3.05) is 6.54 Å². The number of nitrogens with one attached hydrogen (secondary N) is 3. The summed E-state index contributed by atoms with van der Waals surface area (Å²) in [4.78, 5) is 49.9. The summed E-state index contributed by atoms with van der Waals surface area (Å²) in [5.41, 5.74) is 11.4. The predicted octanol–water partition coefficient (Wildman–Crippen LogP) is 0.340. The van der Waals surface area contributed by atoms with Crippen molar-refractivity contribution in [3.8, 4) is 0 Å². The molecule has 0 aromatic heterocycles. The summed E-state index contributed by atoms with van der Waals surface area (Å²) in [6.07, 6.45) is 2.10. The molecule has 32 heavy (non-hydrogen) atoms. The van der Waals surface area contributed by atoms with Crippen LogP contribution in [0.3, 0.4) is 0 Å². The molecule has 0 fully saturated rings. The van der Waals surface area contributed by atoms with Gasteiger partial charge in [-0.1, -0.05) is 48.0 Å². The van der Waals surface area contributed by atoms with Crippen LogP contribution >= 0.6 is 0 Å². The van der Waals surface area contributed by atoms with E-state index in [1.807, 2.05) is 20.8 Å². The smallest absolute Gasteiger partial charge is 0.326 e. The van der Waals surface area contributed by atoms with Gasteiger partial charge in [0.25, 0.3) is 0 Å². The van der Waals surface area contributed by atoms with Gasteiger partial charge in [-0.2, -0.15) is 0 Å². The van der Waals surface area contributed by atoms with E-state index in [9.17, 15) is 24.3 Å². The van der Waals surface area contributed by atoms with Crippen LogP contribution < -0.4 is 27.4 Å². The van der Waals surface area contributed by atoms with Gasteiger partial charge in [0.15, 0.2) is 0 Å². The molecule has 5 atom stereocenters. The number of hydrogen-bond donors (Lipinski definition) is 6. The van der Waals surface area contributed by atoms with Gasteiger partial charge in [0.05, 0.1) is 6.04 Å². The van der Waals surface area contributed by atoms with E-state index in [1.165, 1.54) is 0 Å². The van der Waals surface area contributed by atoms with E-state index in [0.29, 0.717) is 32.2 Å². The summed E-state index contributed by atoms with van der Waals surface area (Å²) in [5, 5.41) is 17.4. The van der Waals surface area contributed by atoms with Crippen molar-refractivity contribution in [3.05, 3.63) is 0 Å². The third-order valence-electron chi connectivity index (χ3n) is 5.62. The minimum atomic E-state index is -1.13. The van der Waals surface area contributed by atoms with E-state index in [1.54, 1.807) is 20.8 Å². The summed E-state index contributed by atoms with van der Waals surface area (Å²) in [7, 11) is 0. The van der Waals surface area contributed by atoms with Crippen LogP contribution in [0.1, 0.15) is 67.2 Å². The van der Waals surface area contributed by atoms with Crippen LogP contribution in [0.4, 0.5) is 0 Å². The normalized spacial score (nSPS) is 16.1. The highest BCUT2D eigenvalue weighted by atomic mass is 16.4. The summed E-state index contributed by atoms with van der Waals surface area (Å²) in [5.74, 6) is -3.30. The fourth-order valence-electron chi connectivity index (χ4n) is 3.05. The summed E-state index contributed by atoms with van der Waals surface area (Å²) in [6, 6.07) is -3.66. The minimum Gasteiger partial charge on any atom is -0.480 e. The molecule has 10 nitrogen and oxygen atoms in total. The topological polar surface area (TPSA) is 177 Å². The first kappa shape index (κ1) is 29.8. The van der Waals surface area contributed by atoms with Gasteiger partial charge in [-0.25, -0.2) is 4.79 Å². The Morgan fingerprint density at radius 3 is 1.81 bits per heavy atom. The Labute approximate surface area is 191 Å². The molecule has 0 radical (unpaired) electrons. The summed E-state index contributed by atoms with van der Waals surface area (Å²) < 4.78 is 0. The number of carboxylic acids is 1. The van der Waals surface area contributed by atoms with E-state index in [0.717, 1.165) is 0 Å². The molecule has 0 aliphatic carbocycles. The highest BCUT2D eigenvalue weighted by molar-refractivity contribution is 5.94. The van der Waals surface area contributed by atoms with Crippen molar-refractivity contribution in [2.24, 2.45) is 29.2 Å². The largest absolute Gasteiger partial charge is 0.480 e. The van der Waals surface area contributed by atoms with E-state index in [4.69, 9.17) is 11.5 Å². The molecule has 3 amide bonds. The Kier molecular flexibility index (Phi) is 13.8. The van der Waals surface area contributed by atoms with Crippen LogP contribution in [0, 0.1) is 17.8 Å². The minimum absolute atomic E-state index is 0.103. The monoisotopic (exact) mass is 457 g/mol. The highest BCUT2D eigenvalue weighted by Crippen LogP contribution is 2.11. The number of carbonyl (C=O) groups excluding carboxylic acids is 3. The lowest BCUT2D eigenvalue weighted by Crippen LogP contribution is -2.59. The first-order valence-electron chi connectivity index (χ1n) is 11.5. The number of aliphatic carboxylic acids is 1. The van der Waals surface area contributed by atoms with Crippen LogP contribution in [0.15, 0.2) is 0 Å². The molecule has 0 spiro atoms. The Bertz CT molecular complexity index is 626. The van der Waals surface area contributed by atoms with Crippen LogP contribution in [0.5, 0.6) is 0 Å². The second kappa shape index (κ2) is 14.8. The Morgan fingerprint density at radius 1 is 0.812 bits per heavy atom. The van der Waals surface area contributed by atoms with Crippen molar-refractivity contribution in [2.45, 2.75) is 91.4 Å². The maximum Gasteiger partial charge on any atom is 0.326 e. The van der Waals surface area contributed by atoms with Crippen molar-refractivity contribution >= 4 is 23.7 Å². The van der Waals surface area contributed by atoms with Crippen molar-refractivity contribution < 1.29 is 24.3 Å². The third kappa shape index (κ3) is 9.95. The fourth-order valence-corrected chi connectivity index (χ4v) is 3.05. The molecule has 0 aromatic carbocycles. The predicted molar refractivity (Wildman–Crippen MR) is 123 cm³/mol. The molecule has 0 aliphatic heterocycles. The van der Waals surface area contributed by atoms with E-state index < -0.39 is 47.9 Å². The number of rotatable bonds is 15. The molecule has 10 heteroatoms. The third-order valence-corrected chi connectivity index (χ3v) is 5.62. The van der Waals surface area contributed by atoms with E-state index >= 15 is 0 Å². The standard InChI is InChI=1S/C22H43N5O5/c1-7-14(6)18(22(31)32)27-19(28)15(10-8-9-11-23)25-21(30)17(13(4)5)26-20(29)16(24)12(2)3/h12-18H,7-11,23-24H2,1-6H3,(H,25,30)(H,26,29)(H,27,28)(H,31,32). The molecule has 186 valence electrons. The lowest BCUT2D eigenvalue weighted by atomic mass is 9.97. The van der Waals surface area contributed by atoms with Gasteiger partial charge < -0.3 is 32.5 Å². The molecule has 0 aromatic rings. The van der Waals surface area contributed by atoms with Crippen molar-refractivity contribution in [3.63, 3.8) is 0 Å². The number of amides is 3. The quantitative estimate of drug-likeness (QED) is 0.192. The first-order valence-corrected chi connectivity index (χ1v) is 11.5. The maximum atomic E-state index is 13.0. The van der Waals surface area contributed by atoms with Crippen molar-refractivity contribution in [1.29, 1.82) is 0 Å². The molecule has 0 heterocycles. The molecule has 8 N–H and O–H groups in total. The molecule has 5 unspecified atom stereocenters. The molecule has 0 rings (SSSR count). The van der Waals surface area contributed by atoms with Crippen LogP contribution in [-0.2, 0) is 19.2 Å². The number of nitrogens with two attached hydrogens (primary N) is 2. The Hall–Kier alpha value is -2.20. The zero-order valence-electron chi connectivity index (χ0n) is 20.3. The molecule has 0 saturated carbocycles. The van der Waals surface area contributed by atoms with Crippen LogP contribution in [0.2, 0.25) is 0 Å². The molecule has 0 aliphatic rings. The van der Waals surface area contributed by atoms with Gasteiger partial charge in [-0.15, -0.1) is 0 Å². The Balaban J connectivity index is 5.50. The number of unbranched alkanes of at least 4 members (excludes halogenated alkanes) is 1. The molecule has 0 bridgehead atoms. The second-order valence-electron chi connectivity index (χ2n) is 9.06. The number of hydrogen-bond acceptors (Lipinski definition) is 6. The zero-order valence-corrected chi connectivity index (χ0v) is 20.3. The molecular formula is C22H43N5O5. The van der Waals surface area contributed by atoms with Gasteiger partial charge in [-0.05, 0) is 43.6 Å².